The first-order chi connectivity index (χ1) is 11.0. The number of rotatable bonds is 4. The number of amides is 1. The predicted octanol–water partition coefficient (Wildman–Crippen LogP) is 2.29. The average molecular weight is 318 g/mol. The van der Waals surface area contributed by atoms with Crippen molar-refractivity contribution in [2.24, 2.45) is 5.92 Å². The number of ether oxygens (including phenoxy) is 2. The minimum absolute atomic E-state index is 0.111. The lowest BCUT2D eigenvalue weighted by molar-refractivity contribution is -0.117. The van der Waals surface area contributed by atoms with Gasteiger partial charge in [-0.3, -0.25) is 14.5 Å². The van der Waals surface area contributed by atoms with E-state index in [0.717, 1.165) is 19.5 Å². The van der Waals surface area contributed by atoms with Gasteiger partial charge in [-0.1, -0.05) is 6.92 Å². The second-order valence-electron chi connectivity index (χ2n) is 6.34. The fraction of sp³-hybridized carbons (Fsp3) is 0.529. The van der Waals surface area contributed by atoms with Crippen LogP contribution in [0.4, 0.5) is 5.69 Å². The molecule has 1 N–H and O–H groups in total. The molecule has 23 heavy (non-hydrogen) atoms. The zero-order valence-corrected chi connectivity index (χ0v) is 13.6. The van der Waals surface area contributed by atoms with Crippen molar-refractivity contribution in [3.63, 3.8) is 0 Å². The van der Waals surface area contributed by atoms with E-state index < -0.39 is 0 Å². The van der Waals surface area contributed by atoms with Gasteiger partial charge < -0.3 is 14.8 Å². The molecule has 1 saturated heterocycles. The quantitative estimate of drug-likeness (QED) is 0.863. The second kappa shape index (κ2) is 6.58. The molecule has 0 bridgehead atoms. The highest BCUT2D eigenvalue weighted by molar-refractivity contribution is 6.05. The van der Waals surface area contributed by atoms with Gasteiger partial charge in [0.05, 0.1) is 12.2 Å². The number of nitrogens with zero attached hydrogens (tertiary/aromatic N) is 1. The molecular formula is C17H22N2O4. The molecular weight excluding hydrogens is 296 g/mol. The lowest BCUT2D eigenvalue weighted by Gasteiger charge is -2.30. The summed E-state index contributed by atoms with van der Waals surface area (Å²) in [6, 6.07) is 3.29. The number of hydrogen-bond acceptors (Lipinski definition) is 5. The minimum Gasteiger partial charge on any atom is -0.454 e. The lowest BCUT2D eigenvalue weighted by atomic mass is 10.0. The van der Waals surface area contributed by atoms with E-state index in [-0.39, 0.29) is 18.5 Å². The number of hydrogen-bond donors (Lipinski definition) is 1. The van der Waals surface area contributed by atoms with E-state index in [9.17, 15) is 9.59 Å². The Morgan fingerprint density at radius 3 is 2.74 bits per heavy atom. The van der Waals surface area contributed by atoms with E-state index in [4.69, 9.17) is 9.47 Å². The first-order valence-electron chi connectivity index (χ1n) is 7.99. The Kier molecular flexibility index (Phi) is 4.52. The maximum Gasteiger partial charge on any atom is 0.238 e. The van der Waals surface area contributed by atoms with Gasteiger partial charge in [0.2, 0.25) is 12.7 Å². The molecule has 0 spiro atoms. The Labute approximate surface area is 135 Å². The van der Waals surface area contributed by atoms with Crippen molar-refractivity contribution in [3.05, 3.63) is 17.7 Å². The third kappa shape index (κ3) is 3.64. The number of fused-ring (bicyclic) bond motifs is 1. The van der Waals surface area contributed by atoms with E-state index >= 15 is 0 Å². The maximum atomic E-state index is 12.3. The summed E-state index contributed by atoms with van der Waals surface area (Å²) in [5.41, 5.74) is 0.923. The summed E-state index contributed by atoms with van der Waals surface area (Å²) in [4.78, 5) is 26.3. The number of Topliss-reactive ketones (excluding diaryl/α,β-unsaturated/α-hetero) is 1. The van der Waals surface area contributed by atoms with Crippen molar-refractivity contribution in [2.45, 2.75) is 26.7 Å². The normalized spacial score (nSPS) is 20.3. The topological polar surface area (TPSA) is 67.9 Å². The molecule has 1 aromatic carbocycles. The first-order valence-corrected chi connectivity index (χ1v) is 7.99. The van der Waals surface area contributed by atoms with E-state index in [2.05, 4.69) is 17.1 Å². The molecule has 0 unspecified atom stereocenters. The fourth-order valence-electron chi connectivity index (χ4n) is 3.16. The summed E-state index contributed by atoms with van der Waals surface area (Å²) in [7, 11) is 0. The van der Waals surface area contributed by atoms with Crippen molar-refractivity contribution in [2.75, 3.05) is 31.7 Å². The van der Waals surface area contributed by atoms with Crippen LogP contribution in [-0.4, -0.2) is 43.0 Å². The highest BCUT2D eigenvalue weighted by Crippen LogP contribution is 2.37. The molecule has 1 aromatic rings. The lowest BCUT2D eigenvalue weighted by Crippen LogP contribution is -2.39. The third-order valence-electron chi connectivity index (χ3n) is 4.27. The van der Waals surface area contributed by atoms with Gasteiger partial charge in [0.1, 0.15) is 0 Å². The molecule has 0 aromatic heterocycles. The molecule has 0 saturated carbocycles. The number of likely N-dealkylation sites (tertiary alicyclic amines) is 1. The number of benzene rings is 1. The summed E-state index contributed by atoms with van der Waals surface area (Å²) < 4.78 is 10.6. The number of carbonyl (C=O) groups is 2. The standard InChI is InChI=1S/C17H22N2O4/c1-11-4-3-5-19(8-11)9-17(21)18-14-7-16-15(22-10-23-16)6-13(14)12(2)20/h6-7,11H,3-5,8-10H2,1-2H3,(H,18,21)/t11-/m0/s1. The van der Waals surface area contributed by atoms with Crippen LogP contribution in [-0.2, 0) is 4.79 Å². The van der Waals surface area contributed by atoms with E-state index in [0.29, 0.717) is 35.2 Å². The number of anilines is 1. The molecule has 2 aliphatic rings. The van der Waals surface area contributed by atoms with Gasteiger partial charge in [-0.25, -0.2) is 0 Å². The van der Waals surface area contributed by atoms with Crippen molar-refractivity contribution < 1.29 is 19.1 Å². The van der Waals surface area contributed by atoms with Gasteiger partial charge in [0, 0.05) is 18.2 Å². The van der Waals surface area contributed by atoms with Crippen molar-refractivity contribution >= 4 is 17.4 Å². The van der Waals surface area contributed by atoms with Crippen LogP contribution in [0.15, 0.2) is 12.1 Å². The summed E-state index contributed by atoms with van der Waals surface area (Å²) in [6.45, 7) is 6.04. The summed E-state index contributed by atoms with van der Waals surface area (Å²) in [6.07, 6.45) is 2.34. The SMILES string of the molecule is CC(=O)c1cc2c(cc1NC(=O)CN1CCC[C@H](C)C1)OCO2. The number of piperidine rings is 1. The summed E-state index contributed by atoms with van der Waals surface area (Å²) >= 11 is 0. The Hall–Kier alpha value is -2.08. The van der Waals surface area contributed by atoms with E-state index in [1.807, 2.05) is 0 Å². The van der Waals surface area contributed by atoms with Gasteiger partial charge in [0.15, 0.2) is 17.3 Å². The van der Waals surface area contributed by atoms with Crippen LogP contribution >= 0.6 is 0 Å². The van der Waals surface area contributed by atoms with E-state index in [1.54, 1.807) is 12.1 Å². The summed E-state index contributed by atoms with van der Waals surface area (Å²) in [5, 5.41) is 2.85. The Bertz CT molecular complexity index is 629. The average Bonchev–Trinajstić information content (AvgIpc) is 2.93. The van der Waals surface area contributed by atoms with Crippen LogP contribution in [0.2, 0.25) is 0 Å². The Balaban J connectivity index is 1.71. The van der Waals surface area contributed by atoms with Gasteiger partial charge >= 0.3 is 0 Å². The van der Waals surface area contributed by atoms with Crippen LogP contribution in [0.5, 0.6) is 11.5 Å². The molecule has 0 radical (unpaired) electrons. The fourth-order valence-corrected chi connectivity index (χ4v) is 3.16. The first kappa shape index (κ1) is 15.8. The monoisotopic (exact) mass is 318 g/mol. The maximum absolute atomic E-state index is 12.3. The second-order valence-corrected chi connectivity index (χ2v) is 6.34. The molecule has 1 atom stereocenters. The molecule has 1 fully saturated rings. The molecule has 124 valence electrons. The Morgan fingerprint density at radius 2 is 2.04 bits per heavy atom. The molecule has 6 nitrogen and oxygen atoms in total. The summed E-state index contributed by atoms with van der Waals surface area (Å²) in [5.74, 6) is 1.48. The van der Waals surface area contributed by atoms with Gasteiger partial charge in [-0.15, -0.1) is 0 Å². The van der Waals surface area contributed by atoms with Crippen LogP contribution in [0.25, 0.3) is 0 Å². The molecule has 3 rings (SSSR count). The van der Waals surface area contributed by atoms with E-state index in [1.165, 1.54) is 13.3 Å². The number of nitrogens with one attached hydrogen (secondary N) is 1. The van der Waals surface area contributed by atoms with Crippen LogP contribution in [0.3, 0.4) is 0 Å². The smallest absolute Gasteiger partial charge is 0.238 e. The van der Waals surface area contributed by atoms with Gasteiger partial charge in [-0.2, -0.15) is 0 Å². The minimum atomic E-state index is -0.120. The zero-order chi connectivity index (χ0) is 16.4. The predicted molar refractivity (Wildman–Crippen MR) is 86.0 cm³/mol. The molecule has 2 heterocycles. The zero-order valence-electron chi connectivity index (χ0n) is 13.6. The highest BCUT2D eigenvalue weighted by Gasteiger charge is 2.22. The molecule has 2 aliphatic heterocycles. The van der Waals surface area contributed by atoms with Crippen LogP contribution < -0.4 is 14.8 Å². The van der Waals surface area contributed by atoms with Crippen molar-refractivity contribution in [3.8, 4) is 11.5 Å². The largest absolute Gasteiger partial charge is 0.454 e. The number of carbonyl (C=O) groups excluding carboxylic acids is 2. The van der Waals surface area contributed by atoms with Crippen molar-refractivity contribution in [1.82, 2.24) is 4.90 Å². The number of ketones is 1. The van der Waals surface area contributed by atoms with Gasteiger partial charge in [-0.05, 0) is 38.3 Å². The Morgan fingerprint density at radius 1 is 1.30 bits per heavy atom. The molecule has 6 heteroatoms. The third-order valence-corrected chi connectivity index (χ3v) is 4.27. The molecule has 0 aliphatic carbocycles. The molecule has 1 amide bonds. The van der Waals surface area contributed by atoms with Crippen molar-refractivity contribution in [1.29, 1.82) is 0 Å². The van der Waals surface area contributed by atoms with Gasteiger partial charge in [0.25, 0.3) is 0 Å². The highest BCUT2D eigenvalue weighted by atomic mass is 16.7. The van der Waals surface area contributed by atoms with Crippen LogP contribution in [0, 0.1) is 5.92 Å². The van der Waals surface area contributed by atoms with Crippen LogP contribution in [0.1, 0.15) is 37.0 Å².